The Morgan fingerprint density at radius 1 is 0.950 bits per heavy atom. The highest BCUT2D eigenvalue weighted by molar-refractivity contribution is 5.87. The van der Waals surface area contributed by atoms with Gasteiger partial charge in [-0.3, -0.25) is 0 Å². The molecule has 0 aliphatic carbocycles. The molecule has 100 valence electrons. The molecule has 0 spiro atoms. The quantitative estimate of drug-likeness (QED) is 0.733. The summed E-state index contributed by atoms with van der Waals surface area (Å²) in [5, 5.41) is 2.28. The molecule has 3 aromatic rings. The molecule has 2 N–H and O–H groups in total. The molecule has 0 heterocycles. The van der Waals surface area contributed by atoms with Crippen LogP contribution in [0.25, 0.3) is 10.8 Å². The first-order valence-electron chi connectivity index (χ1n) is 6.66. The Labute approximate surface area is 117 Å². The van der Waals surface area contributed by atoms with Crippen LogP contribution < -0.4 is 5.73 Å². The van der Waals surface area contributed by atoms with Crippen LogP contribution in [0.2, 0.25) is 0 Å². The Hall–Kier alpha value is -2.19. The first-order valence-corrected chi connectivity index (χ1v) is 6.66. The number of fused-ring (bicyclic) bond motifs is 1. The van der Waals surface area contributed by atoms with Gasteiger partial charge in [0.25, 0.3) is 0 Å². The lowest BCUT2D eigenvalue weighted by Crippen LogP contribution is -2.14. The van der Waals surface area contributed by atoms with Gasteiger partial charge in [-0.15, -0.1) is 0 Å². The summed E-state index contributed by atoms with van der Waals surface area (Å²) >= 11 is 0. The van der Waals surface area contributed by atoms with E-state index in [1.165, 1.54) is 12.1 Å². The van der Waals surface area contributed by atoms with Crippen LogP contribution in [0.15, 0.2) is 60.7 Å². The highest BCUT2D eigenvalue weighted by Crippen LogP contribution is 2.30. The largest absolute Gasteiger partial charge is 0.320 e. The Bertz CT molecular complexity index is 764. The van der Waals surface area contributed by atoms with Gasteiger partial charge in [0.15, 0.2) is 0 Å². The van der Waals surface area contributed by atoms with Crippen LogP contribution in [0.3, 0.4) is 0 Å². The van der Waals surface area contributed by atoms with Crippen molar-refractivity contribution in [2.75, 3.05) is 0 Å². The molecule has 0 saturated heterocycles. The minimum atomic E-state index is -0.322. The monoisotopic (exact) mass is 265 g/mol. The minimum absolute atomic E-state index is 0.254. The lowest BCUT2D eigenvalue weighted by molar-refractivity contribution is 0.623. The van der Waals surface area contributed by atoms with Gasteiger partial charge in [-0.05, 0) is 46.5 Å². The van der Waals surface area contributed by atoms with Gasteiger partial charge in [0.05, 0.1) is 6.04 Å². The number of aryl methyl sites for hydroxylation is 1. The summed E-state index contributed by atoms with van der Waals surface area (Å²) in [6, 6.07) is 18.5. The van der Waals surface area contributed by atoms with Crippen molar-refractivity contribution < 1.29 is 4.39 Å². The van der Waals surface area contributed by atoms with Gasteiger partial charge in [-0.1, -0.05) is 48.5 Å². The van der Waals surface area contributed by atoms with Crippen molar-refractivity contribution in [3.63, 3.8) is 0 Å². The van der Waals surface area contributed by atoms with Crippen LogP contribution in [0, 0.1) is 12.7 Å². The minimum Gasteiger partial charge on any atom is -0.320 e. The molecule has 0 saturated carbocycles. The Kier molecular flexibility index (Phi) is 3.25. The van der Waals surface area contributed by atoms with E-state index in [1.54, 1.807) is 6.07 Å². The second-order valence-electron chi connectivity index (χ2n) is 5.05. The number of hydrogen-bond donors (Lipinski definition) is 1. The highest BCUT2D eigenvalue weighted by Gasteiger charge is 2.15. The van der Waals surface area contributed by atoms with E-state index < -0.39 is 0 Å². The van der Waals surface area contributed by atoms with Crippen molar-refractivity contribution in [1.29, 1.82) is 0 Å². The van der Waals surface area contributed by atoms with Crippen molar-refractivity contribution in [2.45, 2.75) is 13.0 Å². The van der Waals surface area contributed by atoms with Crippen LogP contribution in [0.5, 0.6) is 0 Å². The molecule has 0 radical (unpaired) electrons. The third-order valence-electron chi connectivity index (χ3n) is 3.71. The molecule has 1 unspecified atom stereocenters. The lowest BCUT2D eigenvalue weighted by atomic mass is 9.91. The molecule has 0 aromatic heterocycles. The maximum Gasteiger partial charge on any atom is 0.123 e. The van der Waals surface area contributed by atoms with Gasteiger partial charge >= 0.3 is 0 Å². The maximum atomic E-state index is 13.4. The molecular weight excluding hydrogens is 249 g/mol. The molecule has 0 amide bonds. The molecule has 1 atom stereocenters. The van der Waals surface area contributed by atoms with E-state index in [4.69, 9.17) is 5.73 Å². The molecule has 3 aromatic carbocycles. The van der Waals surface area contributed by atoms with Crippen LogP contribution in [-0.2, 0) is 0 Å². The van der Waals surface area contributed by atoms with E-state index >= 15 is 0 Å². The summed E-state index contributed by atoms with van der Waals surface area (Å²) in [5.74, 6) is -0.254. The summed E-state index contributed by atoms with van der Waals surface area (Å²) < 4.78 is 13.4. The SMILES string of the molecule is Cc1ccc2ccccc2c1C(N)c1cccc(F)c1. The predicted molar refractivity (Wildman–Crippen MR) is 81.1 cm³/mol. The van der Waals surface area contributed by atoms with E-state index in [0.29, 0.717) is 0 Å². The predicted octanol–water partition coefficient (Wildman–Crippen LogP) is 4.34. The molecule has 0 bridgehead atoms. The van der Waals surface area contributed by atoms with E-state index in [-0.39, 0.29) is 11.9 Å². The zero-order chi connectivity index (χ0) is 14.1. The van der Waals surface area contributed by atoms with E-state index in [2.05, 4.69) is 24.3 Å². The highest BCUT2D eigenvalue weighted by atomic mass is 19.1. The third kappa shape index (κ3) is 2.19. The first kappa shape index (κ1) is 12.8. The van der Waals surface area contributed by atoms with Gasteiger partial charge < -0.3 is 5.73 Å². The zero-order valence-electron chi connectivity index (χ0n) is 11.3. The fourth-order valence-corrected chi connectivity index (χ4v) is 2.68. The number of nitrogens with two attached hydrogens (primary N) is 1. The molecule has 20 heavy (non-hydrogen) atoms. The summed E-state index contributed by atoms with van der Waals surface area (Å²) in [5.41, 5.74) is 9.37. The standard InChI is InChI=1S/C18H16FN/c1-12-9-10-13-5-2-3-8-16(13)17(12)18(20)14-6-4-7-15(19)11-14/h2-11,18H,20H2,1H3. The second-order valence-corrected chi connectivity index (χ2v) is 5.05. The molecule has 2 heteroatoms. The summed E-state index contributed by atoms with van der Waals surface area (Å²) in [6.45, 7) is 2.04. The number of rotatable bonds is 2. The smallest absolute Gasteiger partial charge is 0.123 e. The number of halogens is 1. The van der Waals surface area contributed by atoms with Crippen molar-refractivity contribution >= 4 is 10.8 Å². The average Bonchev–Trinajstić information content (AvgIpc) is 2.46. The van der Waals surface area contributed by atoms with Crippen molar-refractivity contribution in [3.8, 4) is 0 Å². The van der Waals surface area contributed by atoms with Gasteiger partial charge in [-0.25, -0.2) is 4.39 Å². The molecule has 0 aliphatic heterocycles. The van der Waals surface area contributed by atoms with Crippen LogP contribution in [0.4, 0.5) is 4.39 Å². The topological polar surface area (TPSA) is 26.0 Å². The van der Waals surface area contributed by atoms with E-state index in [0.717, 1.165) is 27.5 Å². The number of hydrogen-bond acceptors (Lipinski definition) is 1. The molecule has 0 aliphatic rings. The van der Waals surface area contributed by atoms with Gasteiger partial charge in [0.1, 0.15) is 5.82 Å². The van der Waals surface area contributed by atoms with Crippen LogP contribution in [-0.4, -0.2) is 0 Å². The first-order chi connectivity index (χ1) is 9.66. The summed E-state index contributed by atoms with van der Waals surface area (Å²) in [7, 11) is 0. The van der Waals surface area contributed by atoms with Crippen LogP contribution >= 0.6 is 0 Å². The molecular formula is C18H16FN. The molecule has 0 fully saturated rings. The second kappa shape index (κ2) is 5.06. The van der Waals surface area contributed by atoms with E-state index in [1.807, 2.05) is 25.1 Å². The lowest BCUT2D eigenvalue weighted by Gasteiger charge is -2.18. The van der Waals surface area contributed by atoms with Gasteiger partial charge in [0, 0.05) is 0 Å². The average molecular weight is 265 g/mol. The van der Waals surface area contributed by atoms with E-state index in [9.17, 15) is 4.39 Å². The zero-order valence-corrected chi connectivity index (χ0v) is 11.3. The van der Waals surface area contributed by atoms with Gasteiger partial charge in [-0.2, -0.15) is 0 Å². The molecule has 3 rings (SSSR count). The molecule has 1 nitrogen and oxygen atoms in total. The Morgan fingerprint density at radius 3 is 2.55 bits per heavy atom. The summed E-state index contributed by atoms with van der Waals surface area (Å²) in [4.78, 5) is 0. The van der Waals surface area contributed by atoms with Crippen molar-refractivity contribution in [3.05, 3.63) is 83.2 Å². The normalized spacial score (nSPS) is 12.6. The van der Waals surface area contributed by atoms with Crippen LogP contribution in [0.1, 0.15) is 22.7 Å². The fourth-order valence-electron chi connectivity index (χ4n) is 2.68. The maximum absolute atomic E-state index is 13.4. The van der Waals surface area contributed by atoms with Crippen molar-refractivity contribution in [2.24, 2.45) is 5.73 Å². The number of benzene rings is 3. The fraction of sp³-hybridized carbons (Fsp3) is 0.111. The Morgan fingerprint density at radius 2 is 1.75 bits per heavy atom. The van der Waals surface area contributed by atoms with Gasteiger partial charge in [0.2, 0.25) is 0 Å². The third-order valence-corrected chi connectivity index (χ3v) is 3.71. The van der Waals surface area contributed by atoms with Crippen molar-refractivity contribution in [1.82, 2.24) is 0 Å². The summed E-state index contributed by atoms with van der Waals surface area (Å²) in [6.07, 6.45) is 0. The Balaban J connectivity index is 2.21.